The molecule has 0 saturated carbocycles. The number of hydrogen-bond acceptors (Lipinski definition) is 5. The predicted octanol–water partition coefficient (Wildman–Crippen LogP) is 3.28. The van der Waals surface area contributed by atoms with Gasteiger partial charge in [-0.1, -0.05) is 74.0 Å². The van der Waals surface area contributed by atoms with Gasteiger partial charge in [-0.05, 0) is 17.5 Å². The van der Waals surface area contributed by atoms with Gasteiger partial charge < -0.3 is 14.6 Å². The van der Waals surface area contributed by atoms with Gasteiger partial charge in [-0.3, -0.25) is 5.32 Å². The maximum absolute atomic E-state index is 12.6. The number of benzene rings is 2. The lowest BCUT2D eigenvalue weighted by Gasteiger charge is -2.27. The van der Waals surface area contributed by atoms with Crippen molar-refractivity contribution < 1.29 is 29.0 Å². The summed E-state index contributed by atoms with van der Waals surface area (Å²) in [5.74, 6) is -2.54. The molecular weight excluding hydrogens is 362 g/mol. The highest BCUT2D eigenvalue weighted by molar-refractivity contribution is 6.06. The zero-order chi connectivity index (χ0) is 20.4. The Labute approximate surface area is 163 Å². The van der Waals surface area contributed by atoms with Crippen LogP contribution in [0.3, 0.4) is 0 Å². The van der Waals surface area contributed by atoms with E-state index in [-0.39, 0.29) is 19.6 Å². The molecule has 148 valence electrons. The minimum Gasteiger partial charge on any atom is -0.479 e. The maximum atomic E-state index is 12.6. The monoisotopic (exact) mass is 385 g/mol. The molecule has 0 aliphatic carbocycles. The minimum absolute atomic E-state index is 0.0481. The quantitative estimate of drug-likeness (QED) is 0.507. The molecule has 0 fully saturated rings. The summed E-state index contributed by atoms with van der Waals surface area (Å²) in [5, 5.41) is 11.9. The summed E-state index contributed by atoms with van der Waals surface area (Å²) < 4.78 is 10.3. The Kier molecular flexibility index (Phi) is 7.56. The summed E-state index contributed by atoms with van der Waals surface area (Å²) in [4.78, 5) is 36.7. The summed E-state index contributed by atoms with van der Waals surface area (Å²) in [5.41, 5.74) is -0.767. The predicted molar refractivity (Wildman–Crippen MR) is 101 cm³/mol. The molecule has 7 nitrogen and oxygen atoms in total. The number of aliphatic carboxylic acids is 1. The third-order valence-corrected chi connectivity index (χ3v) is 4.08. The van der Waals surface area contributed by atoms with E-state index in [4.69, 9.17) is 9.47 Å². The second-order valence-corrected chi connectivity index (χ2v) is 6.21. The molecule has 0 aromatic heterocycles. The van der Waals surface area contributed by atoms with Crippen LogP contribution in [0.5, 0.6) is 0 Å². The van der Waals surface area contributed by atoms with Gasteiger partial charge in [-0.15, -0.1) is 0 Å². The first-order valence-electron chi connectivity index (χ1n) is 8.91. The van der Waals surface area contributed by atoms with Gasteiger partial charge in [0, 0.05) is 0 Å². The fourth-order valence-electron chi connectivity index (χ4n) is 2.62. The molecule has 2 rings (SSSR count). The van der Waals surface area contributed by atoms with Crippen LogP contribution in [-0.2, 0) is 32.3 Å². The molecule has 2 aromatic carbocycles. The molecule has 0 aliphatic heterocycles. The summed E-state index contributed by atoms with van der Waals surface area (Å²) in [6, 6.07) is 17.8. The van der Waals surface area contributed by atoms with E-state index in [2.05, 4.69) is 5.32 Å². The van der Waals surface area contributed by atoms with E-state index in [9.17, 15) is 19.5 Å². The number of alkyl carbamates (subject to hydrolysis) is 1. The van der Waals surface area contributed by atoms with Crippen molar-refractivity contribution in [3.05, 3.63) is 71.8 Å². The van der Waals surface area contributed by atoms with Gasteiger partial charge in [0.25, 0.3) is 0 Å². The molecule has 7 heteroatoms. The van der Waals surface area contributed by atoms with Crippen molar-refractivity contribution in [3.8, 4) is 0 Å². The molecule has 0 radical (unpaired) electrons. The van der Waals surface area contributed by atoms with Crippen LogP contribution >= 0.6 is 0 Å². The van der Waals surface area contributed by atoms with Gasteiger partial charge in [0.2, 0.25) is 5.54 Å². The average Bonchev–Trinajstić information content (AvgIpc) is 2.71. The van der Waals surface area contributed by atoms with E-state index >= 15 is 0 Å². The van der Waals surface area contributed by atoms with Crippen LogP contribution in [0, 0.1) is 0 Å². The van der Waals surface area contributed by atoms with E-state index in [0.717, 1.165) is 5.56 Å². The molecule has 0 aliphatic rings. The molecule has 2 aromatic rings. The lowest BCUT2D eigenvalue weighted by Crippen LogP contribution is -2.60. The Morgan fingerprint density at radius 3 is 1.86 bits per heavy atom. The third-order valence-electron chi connectivity index (χ3n) is 4.08. The molecule has 0 heterocycles. The Bertz CT molecular complexity index is 793. The lowest BCUT2D eigenvalue weighted by molar-refractivity contribution is -0.164. The number of carbonyl (C=O) groups excluding carboxylic acids is 2. The fraction of sp³-hybridized carbons (Fsp3) is 0.286. The van der Waals surface area contributed by atoms with E-state index in [1.165, 1.54) is 0 Å². The Balaban J connectivity index is 2.06. The first-order chi connectivity index (χ1) is 13.5. The Morgan fingerprint density at radius 2 is 1.39 bits per heavy atom. The van der Waals surface area contributed by atoms with Gasteiger partial charge in [0.1, 0.15) is 13.2 Å². The molecule has 28 heavy (non-hydrogen) atoms. The van der Waals surface area contributed by atoms with Gasteiger partial charge in [0.05, 0.1) is 0 Å². The lowest BCUT2D eigenvalue weighted by atomic mass is 9.94. The number of hydrogen-bond donors (Lipinski definition) is 2. The first-order valence-corrected chi connectivity index (χ1v) is 8.91. The summed E-state index contributed by atoms with van der Waals surface area (Å²) in [6.07, 6.45) is -0.793. The summed E-state index contributed by atoms with van der Waals surface area (Å²) in [7, 11) is 0. The fourth-order valence-corrected chi connectivity index (χ4v) is 2.62. The smallest absolute Gasteiger partial charge is 0.408 e. The zero-order valence-corrected chi connectivity index (χ0v) is 15.6. The van der Waals surface area contributed by atoms with E-state index in [1.54, 1.807) is 55.5 Å². The Morgan fingerprint density at radius 1 is 0.893 bits per heavy atom. The maximum Gasteiger partial charge on any atom is 0.408 e. The van der Waals surface area contributed by atoms with Crippen molar-refractivity contribution in [2.75, 3.05) is 0 Å². The Hall–Kier alpha value is -3.35. The highest BCUT2D eigenvalue weighted by Gasteiger charge is 2.49. The minimum atomic E-state index is -2.21. The van der Waals surface area contributed by atoms with E-state index < -0.39 is 23.6 Å². The van der Waals surface area contributed by atoms with Gasteiger partial charge in [0.15, 0.2) is 0 Å². The van der Waals surface area contributed by atoms with Gasteiger partial charge in [-0.2, -0.15) is 0 Å². The number of carboxylic acids is 1. The topological polar surface area (TPSA) is 102 Å². The SMILES string of the molecule is CCCC(NC(=O)OCc1ccccc1)(C(=O)O)C(=O)OCc1ccccc1. The molecule has 1 unspecified atom stereocenters. The second-order valence-electron chi connectivity index (χ2n) is 6.21. The summed E-state index contributed by atoms with van der Waals surface area (Å²) >= 11 is 0. The van der Waals surface area contributed by atoms with Crippen LogP contribution < -0.4 is 5.32 Å². The van der Waals surface area contributed by atoms with Crippen LogP contribution in [0.15, 0.2) is 60.7 Å². The molecule has 1 atom stereocenters. The van der Waals surface area contributed by atoms with Crippen LogP contribution in [0.2, 0.25) is 0 Å². The average molecular weight is 385 g/mol. The molecular formula is C21H23NO6. The normalized spacial score (nSPS) is 12.5. The molecule has 0 saturated heterocycles. The van der Waals surface area contributed by atoms with Crippen molar-refractivity contribution in [1.29, 1.82) is 0 Å². The third kappa shape index (κ3) is 5.57. The number of esters is 1. The van der Waals surface area contributed by atoms with Crippen molar-refractivity contribution in [1.82, 2.24) is 5.32 Å². The van der Waals surface area contributed by atoms with Crippen LogP contribution in [0.4, 0.5) is 4.79 Å². The highest BCUT2D eigenvalue weighted by atomic mass is 16.6. The van der Waals surface area contributed by atoms with Crippen molar-refractivity contribution in [2.45, 2.75) is 38.5 Å². The number of carbonyl (C=O) groups is 3. The largest absolute Gasteiger partial charge is 0.479 e. The van der Waals surface area contributed by atoms with Crippen molar-refractivity contribution in [2.24, 2.45) is 0 Å². The standard InChI is InChI=1S/C21H23NO6/c1-2-13-21(18(23)24,19(25)27-14-16-9-5-3-6-10-16)22-20(26)28-15-17-11-7-4-8-12-17/h3-12H,2,13-15H2,1H3,(H,22,26)(H,23,24). The highest BCUT2D eigenvalue weighted by Crippen LogP contribution is 2.18. The van der Waals surface area contributed by atoms with Crippen LogP contribution in [0.1, 0.15) is 30.9 Å². The molecule has 2 N–H and O–H groups in total. The van der Waals surface area contributed by atoms with E-state index in [0.29, 0.717) is 12.0 Å². The second kappa shape index (κ2) is 10.1. The molecule has 1 amide bonds. The zero-order valence-electron chi connectivity index (χ0n) is 15.6. The number of carboxylic acid groups (broad SMARTS) is 1. The van der Waals surface area contributed by atoms with Gasteiger partial charge in [-0.25, -0.2) is 14.4 Å². The molecule has 0 bridgehead atoms. The van der Waals surface area contributed by atoms with Gasteiger partial charge >= 0.3 is 18.0 Å². The molecule has 0 spiro atoms. The van der Waals surface area contributed by atoms with Crippen LogP contribution in [-0.4, -0.2) is 28.7 Å². The van der Waals surface area contributed by atoms with Crippen LogP contribution in [0.25, 0.3) is 0 Å². The number of ether oxygens (including phenoxy) is 2. The summed E-state index contributed by atoms with van der Waals surface area (Å²) in [6.45, 7) is 1.56. The number of nitrogens with one attached hydrogen (secondary N) is 1. The van der Waals surface area contributed by atoms with Crippen molar-refractivity contribution >= 4 is 18.0 Å². The van der Waals surface area contributed by atoms with E-state index in [1.807, 2.05) is 12.1 Å². The number of amides is 1. The first kappa shape index (κ1) is 21.0. The number of rotatable bonds is 9. The van der Waals surface area contributed by atoms with Crippen molar-refractivity contribution in [3.63, 3.8) is 0 Å².